The number of hydrogen-bond donors (Lipinski definition) is 2. The minimum absolute atomic E-state index is 0.705. The van der Waals surface area contributed by atoms with Gasteiger partial charge in [0.05, 0.1) is 13.1 Å². The Balaban J connectivity index is 2.60. The first-order valence-corrected chi connectivity index (χ1v) is 11.9. The Morgan fingerprint density at radius 3 is 1.69 bits per heavy atom. The van der Waals surface area contributed by atoms with E-state index in [1.807, 2.05) is 0 Å². The SMILES string of the molecule is CCCCNC(=NCc1cccc(CN=C(NCCCC)SC)c1)SC. The van der Waals surface area contributed by atoms with Gasteiger partial charge in [0.25, 0.3) is 0 Å². The smallest absolute Gasteiger partial charge is 0.156 e. The van der Waals surface area contributed by atoms with Crippen LogP contribution in [0.25, 0.3) is 0 Å². The van der Waals surface area contributed by atoms with Crippen molar-refractivity contribution in [3.63, 3.8) is 0 Å². The number of hydrogen-bond acceptors (Lipinski definition) is 4. The molecule has 4 nitrogen and oxygen atoms in total. The molecule has 0 aromatic heterocycles. The first kappa shape index (κ1) is 22.9. The molecule has 0 saturated heterocycles. The Bertz CT molecular complexity index is 513. The molecule has 0 aliphatic heterocycles. The molecule has 0 bridgehead atoms. The molecule has 0 fully saturated rings. The highest BCUT2D eigenvalue weighted by molar-refractivity contribution is 8.13. The van der Waals surface area contributed by atoms with Crippen molar-refractivity contribution in [1.29, 1.82) is 0 Å². The summed E-state index contributed by atoms with van der Waals surface area (Å²) in [5.41, 5.74) is 2.46. The lowest BCUT2D eigenvalue weighted by molar-refractivity contribution is 0.756. The van der Waals surface area contributed by atoms with Crippen molar-refractivity contribution in [2.45, 2.75) is 52.6 Å². The molecule has 2 N–H and O–H groups in total. The quantitative estimate of drug-likeness (QED) is 0.336. The molecule has 6 heteroatoms. The minimum atomic E-state index is 0.705. The molecular formula is C20H34N4S2. The molecule has 0 amide bonds. The number of nitrogens with one attached hydrogen (secondary N) is 2. The maximum absolute atomic E-state index is 4.70. The van der Waals surface area contributed by atoms with Gasteiger partial charge in [-0.3, -0.25) is 9.98 Å². The standard InChI is InChI=1S/C20H34N4S2/c1-5-7-12-21-19(25-3)23-15-17-10-9-11-18(14-17)16-24-20(26-4)22-13-8-6-2/h9-11,14H,5-8,12-13,15-16H2,1-4H3,(H,21,23)(H,22,24). The van der Waals surface area contributed by atoms with Crippen molar-refractivity contribution < 1.29 is 0 Å². The molecule has 0 heterocycles. The highest BCUT2D eigenvalue weighted by atomic mass is 32.2. The van der Waals surface area contributed by atoms with E-state index in [0.29, 0.717) is 13.1 Å². The fourth-order valence-electron chi connectivity index (χ4n) is 2.28. The highest BCUT2D eigenvalue weighted by Gasteiger charge is 2.00. The van der Waals surface area contributed by atoms with Crippen LogP contribution in [0.4, 0.5) is 0 Å². The van der Waals surface area contributed by atoms with Gasteiger partial charge in [0.15, 0.2) is 10.3 Å². The Morgan fingerprint density at radius 1 is 0.846 bits per heavy atom. The first-order valence-electron chi connectivity index (χ1n) is 9.45. The Kier molecular flexibility index (Phi) is 13.2. The lowest BCUT2D eigenvalue weighted by Gasteiger charge is -2.08. The largest absolute Gasteiger partial charge is 0.365 e. The zero-order valence-corrected chi connectivity index (χ0v) is 18.3. The van der Waals surface area contributed by atoms with Gasteiger partial charge < -0.3 is 10.6 Å². The van der Waals surface area contributed by atoms with E-state index in [1.54, 1.807) is 23.5 Å². The summed E-state index contributed by atoms with van der Waals surface area (Å²) in [6, 6.07) is 8.58. The lowest BCUT2D eigenvalue weighted by atomic mass is 10.1. The molecule has 1 aromatic rings. The summed E-state index contributed by atoms with van der Waals surface area (Å²) in [5, 5.41) is 8.85. The lowest BCUT2D eigenvalue weighted by Crippen LogP contribution is -2.21. The van der Waals surface area contributed by atoms with E-state index in [1.165, 1.54) is 36.8 Å². The third-order valence-electron chi connectivity index (χ3n) is 3.80. The number of aliphatic imine (C=N–C) groups is 2. The maximum Gasteiger partial charge on any atom is 0.156 e. The van der Waals surface area contributed by atoms with E-state index >= 15 is 0 Å². The van der Waals surface area contributed by atoms with Crippen LogP contribution in [-0.4, -0.2) is 35.9 Å². The van der Waals surface area contributed by atoms with Crippen molar-refractivity contribution in [1.82, 2.24) is 10.6 Å². The summed E-state index contributed by atoms with van der Waals surface area (Å²) in [6.45, 7) is 7.80. The molecule has 0 unspecified atom stereocenters. The molecule has 146 valence electrons. The molecule has 0 atom stereocenters. The first-order chi connectivity index (χ1) is 12.7. The van der Waals surface area contributed by atoms with Gasteiger partial charge in [-0.25, -0.2) is 0 Å². The second-order valence-electron chi connectivity index (χ2n) is 6.03. The fourth-order valence-corrected chi connectivity index (χ4v) is 3.16. The third kappa shape index (κ3) is 10.1. The fraction of sp³-hybridized carbons (Fsp3) is 0.600. The predicted molar refractivity (Wildman–Crippen MR) is 122 cm³/mol. The van der Waals surface area contributed by atoms with Crippen molar-refractivity contribution in [3.05, 3.63) is 35.4 Å². The molecular weight excluding hydrogens is 360 g/mol. The van der Waals surface area contributed by atoms with Gasteiger partial charge in [-0.2, -0.15) is 0 Å². The number of amidine groups is 2. The number of nitrogens with zero attached hydrogens (tertiary/aromatic N) is 2. The van der Waals surface area contributed by atoms with Gasteiger partial charge in [0.2, 0.25) is 0 Å². The third-order valence-corrected chi connectivity index (χ3v) is 5.12. The minimum Gasteiger partial charge on any atom is -0.365 e. The van der Waals surface area contributed by atoms with E-state index in [4.69, 9.17) is 9.98 Å². The van der Waals surface area contributed by atoms with Crippen molar-refractivity contribution in [2.75, 3.05) is 25.6 Å². The van der Waals surface area contributed by atoms with Crippen molar-refractivity contribution in [2.24, 2.45) is 9.98 Å². The van der Waals surface area contributed by atoms with Crippen LogP contribution in [0.3, 0.4) is 0 Å². The van der Waals surface area contributed by atoms with Crippen LogP contribution in [0.5, 0.6) is 0 Å². The summed E-state index contributed by atoms with van der Waals surface area (Å²) in [4.78, 5) is 9.41. The summed E-state index contributed by atoms with van der Waals surface area (Å²) in [6.07, 6.45) is 8.89. The van der Waals surface area contributed by atoms with Crippen molar-refractivity contribution >= 4 is 33.9 Å². The van der Waals surface area contributed by atoms with Crippen LogP contribution < -0.4 is 10.6 Å². The van der Waals surface area contributed by atoms with E-state index < -0.39 is 0 Å². The van der Waals surface area contributed by atoms with Gasteiger partial charge in [0.1, 0.15) is 0 Å². The number of unbranched alkanes of at least 4 members (excludes halogenated alkanes) is 2. The summed E-state index contributed by atoms with van der Waals surface area (Å²) < 4.78 is 0. The molecule has 0 aliphatic carbocycles. The second-order valence-corrected chi connectivity index (χ2v) is 7.62. The molecule has 0 aliphatic rings. The normalized spacial score (nSPS) is 12.3. The average molecular weight is 395 g/mol. The van der Waals surface area contributed by atoms with Gasteiger partial charge in [-0.1, -0.05) is 74.5 Å². The molecule has 0 saturated carbocycles. The maximum atomic E-state index is 4.70. The Hall–Kier alpha value is -1.14. The van der Waals surface area contributed by atoms with Crippen molar-refractivity contribution in [3.8, 4) is 0 Å². The monoisotopic (exact) mass is 394 g/mol. The van der Waals surface area contributed by atoms with Crippen LogP contribution >= 0.6 is 23.5 Å². The van der Waals surface area contributed by atoms with Crippen LogP contribution in [0.15, 0.2) is 34.3 Å². The molecule has 1 aromatic carbocycles. The summed E-state index contributed by atoms with van der Waals surface area (Å²) >= 11 is 3.35. The topological polar surface area (TPSA) is 48.8 Å². The number of benzene rings is 1. The molecule has 0 radical (unpaired) electrons. The van der Waals surface area contributed by atoms with Gasteiger partial charge in [-0.05, 0) is 36.5 Å². The number of thioether (sulfide) groups is 2. The van der Waals surface area contributed by atoms with E-state index in [-0.39, 0.29) is 0 Å². The van der Waals surface area contributed by atoms with E-state index in [9.17, 15) is 0 Å². The summed E-state index contributed by atoms with van der Waals surface area (Å²) in [7, 11) is 0. The van der Waals surface area contributed by atoms with E-state index in [0.717, 1.165) is 23.4 Å². The van der Waals surface area contributed by atoms with Gasteiger partial charge in [0, 0.05) is 13.1 Å². The number of rotatable bonds is 10. The van der Waals surface area contributed by atoms with Gasteiger partial charge >= 0.3 is 0 Å². The Labute approximate surface area is 168 Å². The van der Waals surface area contributed by atoms with Crippen LogP contribution in [0.2, 0.25) is 0 Å². The second kappa shape index (κ2) is 15.0. The zero-order chi connectivity index (χ0) is 19.0. The Morgan fingerprint density at radius 2 is 1.31 bits per heavy atom. The zero-order valence-electron chi connectivity index (χ0n) is 16.7. The van der Waals surface area contributed by atoms with Gasteiger partial charge in [-0.15, -0.1) is 0 Å². The van der Waals surface area contributed by atoms with Crippen LogP contribution in [0.1, 0.15) is 50.7 Å². The molecule has 26 heavy (non-hydrogen) atoms. The average Bonchev–Trinajstić information content (AvgIpc) is 2.67. The van der Waals surface area contributed by atoms with Crippen LogP contribution in [-0.2, 0) is 13.1 Å². The van der Waals surface area contributed by atoms with E-state index in [2.05, 4.69) is 61.3 Å². The predicted octanol–water partition coefficient (Wildman–Crippen LogP) is 4.90. The highest BCUT2D eigenvalue weighted by Crippen LogP contribution is 2.10. The summed E-state index contributed by atoms with van der Waals surface area (Å²) in [5.74, 6) is 0. The molecule has 0 spiro atoms. The molecule has 1 rings (SSSR count). The van der Waals surface area contributed by atoms with Crippen LogP contribution in [0, 0.1) is 0 Å².